The number of nitrogens with zero attached hydrogens (tertiary/aromatic N) is 4. The lowest BCUT2D eigenvalue weighted by atomic mass is 10.00. The zero-order valence-electron chi connectivity index (χ0n) is 17.1. The average molecular weight is 432 g/mol. The van der Waals surface area contributed by atoms with Crippen molar-refractivity contribution in [3.8, 4) is 22.6 Å². The standard InChI is InChI=1S/C24H18F2N4O2/c1-2-19-16(7-5-11-27-19)17-6-3-4-8-20(17)30-13-15-10-9-14(12-18(15)24(30)31)22-28-29-23(32-22)21(25)26/h3-12,21H,2,13H2,1H3. The van der Waals surface area contributed by atoms with Gasteiger partial charge in [-0.15, -0.1) is 10.2 Å². The van der Waals surface area contributed by atoms with E-state index in [2.05, 4.69) is 15.2 Å². The van der Waals surface area contributed by atoms with Crippen LogP contribution in [0.3, 0.4) is 0 Å². The number of halogens is 2. The van der Waals surface area contributed by atoms with Crippen molar-refractivity contribution in [2.45, 2.75) is 26.3 Å². The van der Waals surface area contributed by atoms with Crippen LogP contribution in [0.4, 0.5) is 14.5 Å². The molecule has 0 aliphatic carbocycles. The van der Waals surface area contributed by atoms with Crippen LogP contribution in [0.15, 0.2) is 65.2 Å². The second kappa shape index (κ2) is 7.96. The number of hydrogen-bond acceptors (Lipinski definition) is 5. The molecule has 1 aliphatic heterocycles. The van der Waals surface area contributed by atoms with Crippen LogP contribution in [0.1, 0.15) is 40.9 Å². The largest absolute Gasteiger partial charge is 0.415 e. The number of carbonyl (C=O) groups is 1. The third-order valence-corrected chi connectivity index (χ3v) is 5.50. The van der Waals surface area contributed by atoms with E-state index in [1.807, 2.05) is 43.3 Å². The number of aryl methyl sites for hydroxylation is 1. The first-order valence-corrected chi connectivity index (χ1v) is 10.2. The summed E-state index contributed by atoms with van der Waals surface area (Å²) in [6, 6.07) is 16.7. The fourth-order valence-corrected chi connectivity index (χ4v) is 3.97. The van der Waals surface area contributed by atoms with Gasteiger partial charge in [-0.2, -0.15) is 8.78 Å². The molecule has 0 N–H and O–H groups in total. The van der Waals surface area contributed by atoms with Crippen LogP contribution < -0.4 is 4.90 Å². The van der Waals surface area contributed by atoms with E-state index in [9.17, 15) is 13.6 Å². The topological polar surface area (TPSA) is 72.1 Å². The Morgan fingerprint density at radius 1 is 1.03 bits per heavy atom. The molecule has 0 radical (unpaired) electrons. The maximum Gasteiger partial charge on any atom is 0.314 e. The molecular weight excluding hydrogens is 414 g/mol. The number of rotatable bonds is 5. The predicted molar refractivity (Wildman–Crippen MR) is 114 cm³/mol. The highest BCUT2D eigenvalue weighted by molar-refractivity contribution is 6.12. The number of aromatic nitrogens is 3. The van der Waals surface area contributed by atoms with Crippen LogP contribution in [-0.4, -0.2) is 21.1 Å². The summed E-state index contributed by atoms with van der Waals surface area (Å²) < 4.78 is 30.6. The third-order valence-electron chi connectivity index (χ3n) is 5.50. The van der Waals surface area contributed by atoms with E-state index in [0.29, 0.717) is 17.7 Å². The van der Waals surface area contributed by atoms with Crippen molar-refractivity contribution in [2.75, 3.05) is 4.90 Å². The maximum atomic E-state index is 13.4. The monoisotopic (exact) mass is 432 g/mol. The van der Waals surface area contributed by atoms with Crippen molar-refractivity contribution < 1.29 is 18.0 Å². The number of carbonyl (C=O) groups excluding carboxylic acids is 1. The van der Waals surface area contributed by atoms with Gasteiger partial charge in [0.15, 0.2) is 0 Å². The molecule has 8 heteroatoms. The summed E-state index contributed by atoms with van der Waals surface area (Å²) in [5.41, 5.74) is 5.40. The predicted octanol–water partition coefficient (Wildman–Crippen LogP) is 5.46. The summed E-state index contributed by atoms with van der Waals surface area (Å²) in [6.45, 7) is 2.45. The van der Waals surface area contributed by atoms with Gasteiger partial charge in [-0.05, 0) is 36.2 Å². The summed E-state index contributed by atoms with van der Waals surface area (Å²) in [5.74, 6) is -0.965. The van der Waals surface area contributed by atoms with Crippen molar-refractivity contribution in [3.05, 3.63) is 83.5 Å². The first kappa shape index (κ1) is 20.0. The number of para-hydroxylation sites is 1. The molecule has 0 unspecified atom stereocenters. The molecular formula is C24H18F2N4O2. The number of pyridine rings is 1. The molecule has 0 saturated heterocycles. The van der Waals surface area contributed by atoms with Gasteiger partial charge < -0.3 is 9.32 Å². The highest BCUT2D eigenvalue weighted by Gasteiger charge is 2.31. The first-order chi connectivity index (χ1) is 15.6. The van der Waals surface area contributed by atoms with E-state index in [1.54, 1.807) is 29.3 Å². The quantitative estimate of drug-likeness (QED) is 0.419. The lowest BCUT2D eigenvalue weighted by Crippen LogP contribution is -2.23. The summed E-state index contributed by atoms with van der Waals surface area (Å²) in [4.78, 5) is 19.6. The molecule has 6 nitrogen and oxygen atoms in total. The number of anilines is 1. The second-order valence-electron chi connectivity index (χ2n) is 7.38. The van der Waals surface area contributed by atoms with Crippen molar-refractivity contribution in [1.82, 2.24) is 15.2 Å². The van der Waals surface area contributed by atoms with Crippen LogP contribution in [0, 0.1) is 0 Å². The zero-order chi connectivity index (χ0) is 22.2. The van der Waals surface area contributed by atoms with E-state index >= 15 is 0 Å². The Labute approximate surface area is 182 Å². The Hall–Kier alpha value is -3.94. The van der Waals surface area contributed by atoms with E-state index < -0.39 is 12.3 Å². The molecule has 32 heavy (non-hydrogen) atoms. The highest BCUT2D eigenvalue weighted by Crippen LogP contribution is 2.38. The van der Waals surface area contributed by atoms with Gasteiger partial charge in [-0.1, -0.05) is 37.3 Å². The minimum absolute atomic E-state index is 0.0438. The minimum atomic E-state index is -2.85. The Bertz CT molecular complexity index is 1320. The fourth-order valence-electron chi connectivity index (χ4n) is 3.97. The van der Waals surface area contributed by atoms with Crippen LogP contribution >= 0.6 is 0 Å². The van der Waals surface area contributed by atoms with Crippen molar-refractivity contribution in [1.29, 1.82) is 0 Å². The summed E-state index contributed by atoms with van der Waals surface area (Å²) in [7, 11) is 0. The van der Waals surface area contributed by atoms with Crippen molar-refractivity contribution in [2.24, 2.45) is 0 Å². The van der Waals surface area contributed by atoms with E-state index in [1.165, 1.54) is 0 Å². The van der Waals surface area contributed by atoms with E-state index in [0.717, 1.165) is 34.5 Å². The molecule has 2 aromatic heterocycles. The van der Waals surface area contributed by atoms with Crippen LogP contribution in [0.5, 0.6) is 0 Å². The summed E-state index contributed by atoms with van der Waals surface area (Å²) in [6.07, 6.45) is -0.313. The average Bonchev–Trinajstić information content (AvgIpc) is 3.44. The molecule has 3 heterocycles. The lowest BCUT2D eigenvalue weighted by Gasteiger charge is -2.21. The smallest absolute Gasteiger partial charge is 0.314 e. The van der Waals surface area contributed by atoms with Crippen molar-refractivity contribution >= 4 is 11.6 Å². The Morgan fingerprint density at radius 3 is 2.62 bits per heavy atom. The minimum Gasteiger partial charge on any atom is -0.415 e. The van der Waals surface area contributed by atoms with Crippen LogP contribution in [0.25, 0.3) is 22.6 Å². The van der Waals surface area contributed by atoms with Gasteiger partial charge in [0.05, 0.1) is 12.2 Å². The van der Waals surface area contributed by atoms with Gasteiger partial charge in [-0.3, -0.25) is 9.78 Å². The van der Waals surface area contributed by atoms with Gasteiger partial charge in [0.25, 0.3) is 11.8 Å². The van der Waals surface area contributed by atoms with Gasteiger partial charge in [0.2, 0.25) is 5.89 Å². The fraction of sp³-hybridized carbons (Fsp3) is 0.167. The molecule has 0 spiro atoms. The number of hydrogen-bond donors (Lipinski definition) is 0. The molecule has 4 aromatic rings. The van der Waals surface area contributed by atoms with Gasteiger partial charge >= 0.3 is 6.43 Å². The van der Waals surface area contributed by atoms with Crippen LogP contribution in [-0.2, 0) is 13.0 Å². The molecule has 0 bridgehead atoms. The van der Waals surface area contributed by atoms with E-state index in [-0.39, 0.29) is 11.8 Å². The third kappa shape index (κ3) is 3.33. The molecule has 1 aliphatic rings. The molecule has 0 saturated carbocycles. The normalized spacial score (nSPS) is 13.1. The van der Waals surface area contributed by atoms with Gasteiger partial charge in [0.1, 0.15) is 0 Å². The SMILES string of the molecule is CCc1ncccc1-c1ccccc1N1Cc2ccc(-c3nnc(C(F)F)o3)cc2C1=O. The first-order valence-electron chi connectivity index (χ1n) is 10.2. The number of fused-ring (bicyclic) bond motifs is 1. The molecule has 1 amide bonds. The lowest BCUT2D eigenvalue weighted by molar-refractivity contribution is 0.0996. The Kier molecular flexibility index (Phi) is 4.97. The van der Waals surface area contributed by atoms with Gasteiger partial charge in [-0.25, -0.2) is 0 Å². The maximum absolute atomic E-state index is 13.4. The van der Waals surface area contributed by atoms with Crippen LogP contribution in [0.2, 0.25) is 0 Å². The number of amides is 1. The van der Waals surface area contributed by atoms with E-state index in [4.69, 9.17) is 4.42 Å². The van der Waals surface area contributed by atoms with Gasteiger partial charge in [0, 0.05) is 34.1 Å². The second-order valence-corrected chi connectivity index (χ2v) is 7.38. The molecule has 2 aromatic carbocycles. The zero-order valence-corrected chi connectivity index (χ0v) is 17.1. The van der Waals surface area contributed by atoms with Crippen molar-refractivity contribution in [3.63, 3.8) is 0 Å². The highest BCUT2D eigenvalue weighted by atomic mass is 19.3. The molecule has 0 atom stereocenters. The summed E-state index contributed by atoms with van der Waals surface area (Å²) >= 11 is 0. The summed E-state index contributed by atoms with van der Waals surface area (Å²) in [5, 5.41) is 7.04. The number of benzene rings is 2. The molecule has 5 rings (SSSR count). The Balaban J connectivity index is 1.52. The number of alkyl halides is 2. The molecule has 160 valence electrons. The molecule has 0 fully saturated rings. The Morgan fingerprint density at radius 2 is 1.84 bits per heavy atom.